The summed E-state index contributed by atoms with van der Waals surface area (Å²) in [5, 5.41) is 3.10. The number of nitrogens with zero attached hydrogens (tertiary/aromatic N) is 3. The summed E-state index contributed by atoms with van der Waals surface area (Å²) in [6.07, 6.45) is 9.74. The zero-order valence-corrected chi connectivity index (χ0v) is 22.6. The van der Waals surface area contributed by atoms with Crippen molar-refractivity contribution in [2.24, 2.45) is 13.0 Å². The molecule has 1 aliphatic heterocycles. The van der Waals surface area contributed by atoms with E-state index in [4.69, 9.17) is 11.6 Å². The molecule has 2 fully saturated rings. The molecule has 0 radical (unpaired) electrons. The van der Waals surface area contributed by atoms with Gasteiger partial charge in [0.25, 0.3) is 17.0 Å². The summed E-state index contributed by atoms with van der Waals surface area (Å²) < 4.78 is 18.5. The van der Waals surface area contributed by atoms with Crippen LogP contribution in [-0.4, -0.2) is 30.5 Å². The van der Waals surface area contributed by atoms with Gasteiger partial charge in [-0.15, -0.1) is 0 Å². The van der Waals surface area contributed by atoms with Gasteiger partial charge in [-0.25, -0.2) is 9.37 Å². The van der Waals surface area contributed by atoms with E-state index in [1.54, 1.807) is 31.7 Å². The summed E-state index contributed by atoms with van der Waals surface area (Å²) in [6, 6.07) is 7.54. The number of hydrogen-bond acceptors (Lipinski definition) is 4. The van der Waals surface area contributed by atoms with Crippen molar-refractivity contribution in [2.45, 2.75) is 50.1 Å². The maximum absolute atomic E-state index is 15.5. The predicted molar refractivity (Wildman–Crippen MR) is 149 cm³/mol. The van der Waals surface area contributed by atoms with E-state index in [0.717, 1.165) is 31.2 Å². The topological polar surface area (TPSA) is 102 Å². The van der Waals surface area contributed by atoms with Crippen LogP contribution in [0.2, 0.25) is 5.02 Å². The van der Waals surface area contributed by atoms with Gasteiger partial charge in [0.2, 0.25) is 0 Å². The molecule has 1 amide bonds. The summed E-state index contributed by atoms with van der Waals surface area (Å²) in [6.45, 7) is 0. The third kappa shape index (κ3) is 4.29. The minimum absolute atomic E-state index is 0.0508. The molecule has 7 rings (SSSR count). The quantitative estimate of drug-likeness (QED) is 0.373. The van der Waals surface area contributed by atoms with Gasteiger partial charge >= 0.3 is 0 Å². The highest BCUT2D eigenvalue weighted by molar-refractivity contribution is 6.31. The number of fused-ring (bicyclic) bond motifs is 3. The zero-order valence-electron chi connectivity index (χ0n) is 21.8. The molecule has 4 heterocycles. The van der Waals surface area contributed by atoms with Crippen LogP contribution in [0.25, 0.3) is 22.4 Å². The molecule has 0 unspecified atom stereocenters. The molecule has 1 spiro atoms. The summed E-state index contributed by atoms with van der Waals surface area (Å²) in [5.41, 5.74) is 1.84. The van der Waals surface area contributed by atoms with Crippen LogP contribution in [0.1, 0.15) is 59.9 Å². The minimum Gasteiger partial charge on any atom is -0.346 e. The van der Waals surface area contributed by atoms with Crippen molar-refractivity contribution >= 4 is 17.5 Å². The number of halogens is 2. The van der Waals surface area contributed by atoms with E-state index in [0.29, 0.717) is 35.8 Å². The van der Waals surface area contributed by atoms with E-state index < -0.39 is 17.4 Å². The molecule has 40 heavy (non-hydrogen) atoms. The van der Waals surface area contributed by atoms with E-state index >= 15 is 4.39 Å². The van der Waals surface area contributed by atoms with Gasteiger partial charge < -0.3 is 19.4 Å². The number of aryl methyl sites for hydroxylation is 1. The molecule has 1 aromatic carbocycles. The number of hydrogen-bond donors (Lipinski definition) is 2. The number of aromatic amines is 1. The molecule has 0 bridgehead atoms. The largest absolute Gasteiger partial charge is 0.346 e. The SMILES string of the molecule is Cn1ccc(-c2cnc([C@H](CC3CC3)n3cc4c(cc3=O)-c3c(ccc(Cl)c3F)CC3(CC3)NC4=O)[nH]2)cc1=O. The van der Waals surface area contributed by atoms with Crippen molar-refractivity contribution in [3.8, 4) is 22.4 Å². The third-order valence-corrected chi connectivity index (χ3v) is 8.74. The summed E-state index contributed by atoms with van der Waals surface area (Å²) in [7, 11) is 1.68. The molecule has 4 aromatic rings. The summed E-state index contributed by atoms with van der Waals surface area (Å²) in [5.74, 6) is 0.0279. The fourth-order valence-corrected chi connectivity index (χ4v) is 5.93. The molecule has 10 heteroatoms. The summed E-state index contributed by atoms with van der Waals surface area (Å²) in [4.78, 5) is 47.4. The van der Waals surface area contributed by atoms with Gasteiger partial charge in [0.05, 0.1) is 28.5 Å². The van der Waals surface area contributed by atoms with E-state index in [1.807, 2.05) is 6.07 Å². The highest BCUT2D eigenvalue weighted by Gasteiger charge is 2.46. The molecule has 2 N–H and O–H groups in total. The Morgan fingerprint density at radius 3 is 2.65 bits per heavy atom. The standard InChI is InChI=1S/C30H27ClFN5O3/c1-36-9-6-17(11-24(36)38)22-14-33-28(34-22)23(10-16-2-3-16)37-15-20-19(12-25(37)39)26-18(4-5-21(31)27(26)32)13-30(7-8-30)35-29(20)40/h4-6,9,11-12,14-16,23H,2-3,7-8,10,13H2,1H3,(H,33,34)(H,35,40)/t23-/m0/s1. The minimum atomic E-state index is -0.623. The fourth-order valence-electron chi connectivity index (χ4n) is 5.77. The monoisotopic (exact) mass is 559 g/mol. The smallest absolute Gasteiger partial charge is 0.253 e. The van der Waals surface area contributed by atoms with E-state index in [9.17, 15) is 14.4 Å². The van der Waals surface area contributed by atoms with Gasteiger partial charge in [0.15, 0.2) is 0 Å². The molecule has 3 aliphatic rings. The zero-order chi connectivity index (χ0) is 27.8. The average Bonchev–Trinajstić information content (AvgIpc) is 3.84. The first kappa shape index (κ1) is 25.0. The molecule has 2 aliphatic carbocycles. The first-order chi connectivity index (χ1) is 19.2. The molecule has 204 valence electrons. The third-order valence-electron chi connectivity index (χ3n) is 8.45. The van der Waals surface area contributed by atoms with Crippen molar-refractivity contribution in [3.05, 3.63) is 97.4 Å². The van der Waals surface area contributed by atoms with Gasteiger partial charge in [-0.1, -0.05) is 30.5 Å². The molecule has 3 aromatic heterocycles. The molecular formula is C30H27ClFN5O3. The van der Waals surface area contributed by atoms with Crippen molar-refractivity contribution in [1.82, 2.24) is 24.4 Å². The highest BCUT2D eigenvalue weighted by atomic mass is 35.5. The van der Waals surface area contributed by atoms with Crippen molar-refractivity contribution in [1.29, 1.82) is 0 Å². The van der Waals surface area contributed by atoms with E-state index in [-0.39, 0.29) is 38.7 Å². The van der Waals surface area contributed by atoms with Crippen LogP contribution in [0.4, 0.5) is 4.39 Å². The van der Waals surface area contributed by atoms with Gasteiger partial charge in [-0.05, 0) is 49.3 Å². The van der Waals surface area contributed by atoms with Gasteiger partial charge in [0, 0.05) is 53.8 Å². The fraction of sp³-hybridized carbons (Fsp3) is 0.333. The lowest BCUT2D eigenvalue weighted by molar-refractivity contribution is 0.0930. The number of benzene rings is 1. The van der Waals surface area contributed by atoms with Crippen LogP contribution in [0.3, 0.4) is 0 Å². The second-order valence-corrected chi connectivity index (χ2v) is 11.8. The van der Waals surface area contributed by atoms with E-state index in [2.05, 4.69) is 15.3 Å². The Hall–Kier alpha value is -3.98. The van der Waals surface area contributed by atoms with Gasteiger partial charge in [0.1, 0.15) is 11.6 Å². The number of amides is 1. The number of carbonyl (C=O) groups is 1. The lowest BCUT2D eigenvalue weighted by atomic mass is 9.89. The lowest BCUT2D eigenvalue weighted by Crippen LogP contribution is -2.41. The summed E-state index contributed by atoms with van der Waals surface area (Å²) >= 11 is 6.17. The van der Waals surface area contributed by atoms with Crippen LogP contribution >= 0.6 is 11.6 Å². The lowest BCUT2D eigenvalue weighted by Gasteiger charge is -2.26. The normalized spacial score (nSPS) is 17.9. The van der Waals surface area contributed by atoms with Crippen LogP contribution in [-0.2, 0) is 13.5 Å². The maximum atomic E-state index is 15.5. The number of aromatic nitrogens is 4. The van der Waals surface area contributed by atoms with E-state index in [1.165, 1.54) is 27.3 Å². The number of imidazole rings is 1. The maximum Gasteiger partial charge on any atom is 0.253 e. The second kappa shape index (κ2) is 9.02. The Morgan fingerprint density at radius 1 is 1.12 bits per heavy atom. The molecule has 8 nitrogen and oxygen atoms in total. The number of pyridine rings is 2. The number of H-pyrrole nitrogens is 1. The first-order valence-electron chi connectivity index (χ1n) is 13.5. The van der Waals surface area contributed by atoms with Gasteiger partial charge in [-0.2, -0.15) is 0 Å². The van der Waals surface area contributed by atoms with Crippen LogP contribution in [0.5, 0.6) is 0 Å². The van der Waals surface area contributed by atoms with Crippen molar-refractivity contribution in [2.75, 3.05) is 0 Å². The first-order valence-corrected chi connectivity index (χ1v) is 13.9. The van der Waals surface area contributed by atoms with Crippen LogP contribution < -0.4 is 16.4 Å². The molecule has 1 atom stereocenters. The number of carbonyl (C=O) groups excluding carboxylic acids is 1. The number of rotatable bonds is 5. The molecule has 0 saturated heterocycles. The number of nitrogens with one attached hydrogen (secondary N) is 2. The van der Waals surface area contributed by atoms with Crippen molar-refractivity contribution < 1.29 is 9.18 Å². The molecule has 2 saturated carbocycles. The van der Waals surface area contributed by atoms with Crippen LogP contribution in [0, 0.1) is 11.7 Å². The highest BCUT2D eigenvalue weighted by Crippen LogP contribution is 2.45. The Labute approximate surface area is 233 Å². The van der Waals surface area contributed by atoms with Gasteiger partial charge in [-0.3, -0.25) is 14.4 Å². The Balaban J connectivity index is 1.37. The molecular weight excluding hydrogens is 533 g/mol. The Morgan fingerprint density at radius 2 is 1.93 bits per heavy atom. The average molecular weight is 560 g/mol. The Kier molecular flexibility index (Phi) is 5.64. The van der Waals surface area contributed by atoms with Crippen LogP contribution in [0.15, 0.2) is 58.5 Å². The van der Waals surface area contributed by atoms with Crippen molar-refractivity contribution in [3.63, 3.8) is 0 Å². The predicted octanol–water partition coefficient (Wildman–Crippen LogP) is 4.60. The Bertz CT molecular complexity index is 1810. The second-order valence-electron chi connectivity index (χ2n) is 11.4.